The van der Waals surface area contributed by atoms with Gasteiger partial charge in [-0.25, -0.2) is 0 Å². The summed E-state index contributed by atoms with van der Waals surface area (Å²) in [7, 11) is 1.77. The Hall–Kier alpha value is -2.07. The highest BCUT2D eigenvalue weighted by atomic mass is 35.5. The van der Waals surface area contributed by atoms with Crippen molar-refractivity contribution < 1.29 is 4.79 Å². The Morgan fingerprint density at radius 1 is 1.43 bits per heavy atom. The number of hydrogen-bond acceptors (Lipinski definition) is 2. The minimum absolute atomic E-state index is 0.185. The van der Waals surface area contributed by atoms with Crippen LogP contribution < -0.4 is 5.32 Å². The second kappa shape index (κ2) is 6.59. The fourth-order valence-corrected chi connectivity index (χ4v) is 2.36. The van der Waals surface area contributed by atoms with Crippen LogP contribution in [0.3, 0.4) is 0 Å². The molecule has 0 atom stereocenters. The first kappa shape index (κ1) is 15.3. The lowest BCUT2D eigenvalue weighted by Gasteiger charge is -2.07. The first-order valence-electron chi connectivity index (χ1n) is 6.79. The predicted octanol–water partition coefficient (Wildman–Crippen LogP) is 3.60. The third-order valence-corrected chi connectivity index (χ3v) is 3.70. The van der Waals surface area contributed by atoms with Crippen LogP contribution in [0.2, 0.25) is 5.15 Å². The Morgan fingerprint density at radius 3 is 2.76 bits per heavy atom. The molecular weight excluding hydrogens is 286 g/mol. The number of rotatable bonds is 4. The van der Waals surface area contributed by atoms with Gasteiger partial charge >= 0.3 is 0 Å². The van der Waals surface area contributed by atoms with Gasteiger partial charge in [-0.2, -0.15) is 5.10 Å². The Balaban J connectivity index is 2.13. The molecule has 1 aromatic heterocycles. The second-order valence-electron chi connectivity index (χ2n) is 4.75. The molecule has 0 saturated heterocycles. The maximum Gasteiger partial charge on any atom is 0.248 e. The van der Waals surface area contributed by atoms with Crippen LogP contribution in [0.5, 0.6) is 0 Å². The van der Waals surface area contributed by atoms with Crippen LogP contribution in [-0.4, -0.2) is 15.7 Å². The van der Waals surface area contributed by atoms with E-state index in [9.17, 15) is 4.79 Å². The van der Waals surface area contributed by atoms with Crippen molar-refractivity contribution in [1.29, 1.82) is 0 Å². The van der Waals surface area contributed by atoms with Gasteiger partial charge in [0.15, 0.2) is 0 Å². The molecule has 2 aromatic rings. The number of benzene rings is 1. The van der Waals surface area contributed by atoms with E-state index in [1.165, 1.54) is 6.08 Å². The molecule has 1 heterocycles. The highest BCUT2D eigenvalue weighted by Gasteiger charge is 2.09. The zero-order chi connectivity index (χ0) is 15.4. The zero-order valence-corrected chi connectivity index (χ0v) is 13.1. The molecule has 5 heteroatoms. The average molecular weight is 304 g/mol. The smallest absolute Gasteiger partial charge is 0.248 e. The number of hydrogen-bond donors (Lipinski definition) is 1. The van der Waals surface area contributed by atoms with Crippen molar-refractivity contribution in [2.75, 3.05) is 5.32 Å². The molecule has 0 aliphatic rings. The molecule has 0 saturated carbocycles. The van der Waals surface area contributed by atoms with Crippen LogP contribution in [0, 0.1) is 6.92 Å². The topological polar surface area (TPSA) is 46.9 Å². The molecule has 2 rings (SSSR count). The van der Waals surface area contributed by atoms with Crippen molar-refractivity contribution in [2.45, 2.75) is 20.3 Å². The minimum Gasteiger partial charge on any atom is -0.322 e. The maximum absolute atomic E-state index is 12.0. The van der Waals surface area contributed by atoms with E-state index >= 15 is 0 Å². The number of para-hydroxylation sites is 1. The Morgan fingerprint density at radius 2 is 2.14 bits per heavy atom. The third kappa shape index (κ3) is 3.52. The molecule has 0 aliphatic carbocycles. The minimum atomic E-state index is -0.185. The number of amides is 1. The van der Waals surface area contributed by atoms with Gasteiger partial charge in [-0.3, -0.25) is 9.48 Å². The zero-order valence-electron chi connectivity index (χ0n) is 12.4. The molecule has 1 amide bonds. The molecule has 0 unspecified atom stereocenters. The second-order valence-corrected chi connectivity index (χ2v) is 5.10. The van der Waals surface area contributed by atoms with Gasteiger partial charge < -0.3 is 5.32 Å². The van der Waals surface area contributed by atoms with E-state index in [1.54, 1.807) is 17.8 Å². The normalized spacial score (nSPS) is 11.0. The molecule has 4 nitrogen and oxygen atoms in total. The van der Waals surface area contributed by atoms with E-state index < -0.39 is 0 Å². The molecule has 0 spiro atoms. The van der Waals surface area contributed by atoms with E-state index in [0.717, 1.165) is 28.9 Å². The summed E-state index contributed by atoms with van der Waals surface area (Å²) in [4.78, 5) is 12.0. The van der Waals surface area contributed by atoms with Crippen molar-refractivity contribution in [3.8, 4) is 0 Å². The van der Waals surface area contributed by atoms with Crippen molar-refractivity contribution in [1.82, 2.24) is 9.78 Å². The van der Waals surface area contributed by atoms with Crippen LogP contribution in [-0.2, 0) is 18.3 Å². The Bertz CT molecular complexity index is 689. The van der Waals surface area contributed by atoms with Gasteiger partial charge in [0.1, 0.15) is 5.15 Å². The maximum atomic E-state index is 12.0. The van der Waals surface area contributed by atoms with Crippen molar-refractivity contribution in [3.05, 3.63) is 52.3 Å². The van der Waals surface area contributed by atoms with Crippen LogP contribution >= 0.6 is 11.6 Å². The summed E-state index contributed by atoms with van der Waals surface area (Å²) in [5, 5.41) is 7.60. The molecular formula is C16H18ClN3O. The molecule has 1 aromatic carbocycles. The van der Waals surface area contributed by atoms with E-state index in [-0.39, 0.29) is 5.91 Å². The van der Waals surface area contributed by atoms with Gasteiger partial charge in [-0.05, 0) is 31.1 Å². The fraction of sp³-hybridized carbons (Fsp3) is 0.250. The monoisotopic (exact) mass is 303 g/mol. The first-order chi connectivity index (χ1) is 10.0. The highest BCUT2D eigenvalue weighted by molar-refractivity contribution is 6.31. The standard InChI is InChI=1S/C16H18ClN3O/c1-4-12-7-5-6-8-14(12)18-15(21)10-9-13-11(2)19-20(3)16(13)17/h5-10H,4H2,1-3H3,(H,18,21)/b10-9+. The highest BCUT2D eigenvalue weighted by Crippen LogP contribution is 2.20. The lowest BCUT2D eigenvalue weighted by molar-refractivity contribution is -0.111. The SMILES string of the molecule is CCc1ccccc1NC(=O)/C=C/c1c(C)nn(C)c1Cl. The van der Waals surface area contributed by atoms with E-state index in [2.05, 4.69) is 17.3 Å². The van der Waals surface area contributed by atoms with Crippen LogP contribution in [0.4, 0.5) is 5.69 Å². The number of aromatic nitrogens is 2. The summed E-state index contributed by atoms with van der Waals surface area (Å²) in [6.07, 6.45) is 4.03. The molecule has 0 fully saturated rings. The quantitative estimate of drug-likeness (QED) is 0.877. The number of carbonyl (C=O) groups excluding carboxylic acids is 1. The largest absolute Gasteiger partial charge is 0.322 e. The average Bonchev–Trinajstić information content (AvgIpc) is 2.71. The van der Waals surface area contributed by atoms with E-state index in [4.69, 9.17) is 11.6 Å². The summed E-state index contributed by atoms with van der Waals surface area (Å²) < 4.78 is 1.58. The number of carbonyl (C=O) groups is 1. The predicted molar refractivity (Wildman–Crippen MR) is 86.4 cm³/mol. The van der Waals surface area contributed by atoms with Crippen LogP contribution in [0.25, 0.3) is 6.08 Å². The summed E-state index contributed by atoms with van der Waals surface area (Å²) >= 11 is 6.12. The van der Waals surface area contributed by atoms with Crippen molar-refractivity contribution >= 4 is 29.3 Å². The summed E-state index contributed by atoms with van der Waals surface area (Å²) in [6, 6.07) is 7.76. The van der Waals surface area contributed by atoms with Crippen LogP contribution in [0.1, 0.15) is 23.7 Å². The van der Waals surface area contributed by atoms with E-state index in [1.807, 2.05) is 31.2 Å². The summed E-state index contributed by atoms with van der Waals surface area (Å²) in [6.45, 7) is 3.91. The molecule has 1 N–H and O–H groups in total. The Labute approximate surface area is 129 Å². The molecule has 0 radical (unpaired) electrons. The van der Waals surface area contributed by atoms with Crippen molar-refractivity contribution in [3.63, 3.8) is 0 Å². The third-order valence-electron chi connectivity index (χ3n) is 3.25. The molecule has 110 valence electrons. The lowest BCUT2D eigenvalue weighted by Crippen LogP contribution is -2.09. The van der Waals surface area contributed by atoms with Crippen LogP contribution in [0.15, 0.2) is 30.3 Å². The number of nitrogens with zero attached hydrogens (tertiary/aromatic N) is 2. The van der Waals surface area contributed by atoms with E-state index in [0.29, 0.717) is 5.15 Å². The van der Waals surface area contributed by atoms with Crippen molar-refractivity contribution in [2.24, 2.45) is 7.05 Å². The van der Waals surface area contributed by atoms with Gasteiger partial charge in [-0.15, -0.1) is 0 Å². The molecule has 0 aliphatic heterocycles. The number of aryl methyl sites for hydroxylation is 3. The summed E-state index contributed by atoms with van der Waals surface area (Å²) in [5.74, 6) is -0.185. The van der Waals surface area contributed by atoms with Gasteiger partial charge in [-0.1, -0.05) is 36.7 Å². The number of halogens is 1. The van der Waals surface area contributed by atoms with Gasteiger partial charge in [0, 0.05) is 24.4 Å². The van der Waals surface area contributed by atoms with Gasteiger partial charge in [0.2, 0.25) is 5.91 Å². The lowest BCUT2D eigenvalue weighted by atomic mass is 10.1. The molecule has 21 heavy (non-hydrogen) atoms. The first-order valence-corrected chi connectivity index (χ1v) is 7.16. The number of anilines is 1. The van der Waals surface area contributed by atoms with Gasteiger partial charge in [0.05, 0.1) is 5.69 Å². The summed E-state index contributed by atoms with van der Waals surface area (Å²) in [5.41, 5.74) is 3.50. The Kier molecular flexibility index (Phi) is 4.81. The van der Waals surface area contributed by atoms with Gasteiger partial charge in [0.25, 0.3) is 0 Å². The number of nitrogens with one attached hydrogen (secondary N) is 1. The fourth-order valence-electron chi connectivity index (χ4n) is 2.12. The molecule has 0 bridgehead atoms.